The van der Waals surface area contributed by atoms with Crippen molar-refractivity contribution in [2.45, 2.75) is 47.1 Å². The number of halogens is 1. The highest BCUT2D eigenvalue weighted by Gasteiger charge is 2.22. The molecule has 1 atom stereocenters. The van der Waals surface area contributed by atoms with Crippen molar-refractivity contribution in [3.05, 3.63) is 57.7 Å². The Balaban J connectivity index is 2.28. The average Bonchev–Trinajstić information content (AvgIpc) is 2.86. The Morgan fingerprint density at radius 2 is 1.96 bits per heavy atom. The normalized spacial score (nSPS) is 12.1. The van der Waals surface area contributed by atoms with E-state index in [0.29, 0.717) is 34.5 Å². The molecule has 0 saturated carbocycles. The number of aromatic nitrogens is 1. The Morgan fingerprint density at radius 3 is 2.50 bits per heavy atom. The fourth-order valence-corrected chi connectivity index (χ4v) is 2.93. The van der Waals surface area contributed by atoms with Gasteiger partial charge in [0.05, 0.1) is 6.04 Å². The number of nitrogens with one attached hydrogen (secondary N) is 2. The number of H-pyrrole nitrogens is 1. The molecule has 128 valence electrons. The van der Waals surface area contributed by atoms with Gasteiger partial charge in [-0.2, -0.15) is 0 Å². The first-order valence-electron chi connectivity index (χ1n) is 8.05. The van der Waals surface area contributed by atoms with Gasteiger partial charge < -0.3 is 10.3 Å². The van der Waals surface area contributed by atoms with Gasteiger partial charge in [0, 0.05) is 11.3 Å². The molecule has 1 amide bonds. The van der Waals surface area contributed by atoms with Crippen LogP contribution in [0.4, 0.5) is 4.39 Å². The van der Waals surface area contributed by atoms with Crippen LogP contribution in [0.1, 0.15) is 70.0 Å². The number of benzene rings is 1. The second-order valence-electron chi connectivity index (χ2n) is 6.09. The second-order valence-corrected chi connectivity index (χ2v) is 6.09. The Labute approximate surface area is 141 Å². The van der Waals surface area contributed by atoms with Crippen molar-refractivity contribution in [2.24, 2.45) is 0 Å². The first kappa shape index (κ1) is 17.9. The van der Waals surface area contributed by atoms with Crippen LogP contribution in [-0.2, 0) is 6.42 Å². The van der Waals surface area contributed by atoms with Gasteiger partial charge in [0.15, 0.2) is 5.78 Å². The van der Waals surface area contributed by atoms with Gasteiger partial charge in [-0.25, -0.2) is 4.39 Å². The lowest BCUT2D eigenvalue weighted by atomic mass is 10.0. The molecule has 0 aliphatic heterocycles. The third-order valence-corrected chi connectivity index (χ3v) is 4.27. The SMILES string of the molecule is CCc1c(C(=O)NC(C)c2ccc(C)c(F)c2)[nH]c(C)c1C(C)=O. The summed E-state index contributed by atoms with van der Waals surface area (Å²) in [6.07, 6.45) is 0.579. The zero-order valence-corrected chi connectivity index (χ0v) is 14.7. The van der Waals surface area contributed by atoms with E-state index in [1.807, 2.05) is 6.92 Å². The van der Waals surface area contributed by atoms with Crippen LogP contribution >= 0.6 is 0 Å². The monoisotopic (exact) mass is 330 g/mol. The van der Waals surface area contributed by atoms with E-state index in [1.54, 1.807) is 32.9 Å². The molecule has 4 nitrogen and oxygen atoms in total. The number of carbonyl (C=O) groups is 2. The van der Waals surface area contributed by atoms with Gasteiger partial charge >= 0.3 is 0 Å². The topological polar surface area (TPSA) is 62.0 Å². The molecule has 0 aliphatic carbocycles. The van der Waals surface area contributed by atoms with Crippen molar-refractivity contribution in [1.29, 1.82) is 0 Å². The van der Waals surface area contributed by atoms with Crippen LogP contribution in [0.25, 0.3) is 0 Å². The summed E-state index contributed by atoms with van der Waals surface area (Å²) < 4.78 is 13.7. The fourth-order valence-electron chi connectivity index (χ4n) is 2.93. The van der Waals surface area contributed by atoms with Gasteiger partial charge in [-0.05, 0) is 56.9 Å². The first-order chi connectivity index (χ1) is 11.3. The molecule has 0 bridgehead atoms. The van der Waals surface area contributed by atoms with Crippen molar-refractivity contribution in [2.75, 3.05) is 0 Å². The maximum absolute atomic E-state index is 13.7. The minimum Gasteiger partial charge on any atom is -0.354 e. The predicted octanol–water partition coefficient (Wildman–Crippen LogP) is 4.03. The van der Waals surface area contributed by atoms with Gasteiger partial charge in [0.1, 0.15) is 11.5 Å². The van der Waals surface area contributed by atoms with Gasteiger partial charge in [-0.3, -0.25) is 9.59 Å². The first-order valence-corrected chi connectivity index (χ1v) is 8.05. The fraction of sp³-hybridized carbons (Fsp3) is 0.368. The zero-order chi connectivity index (χ0) is 18.0. The molecule has 0 aliphatic rings. The molecule has 1 aromatic carbocycles. The van der Waals surface area contributed by atoms with E-state index in [1.165, 1.54) is 13.0 Å². The number of rotatable bonds is 5. The molecule has 24 heavy (non-hydrogen) atoms. The number of carbonyl (C=O) groups excluding carboxylic acids is 2. The van der Waals surface area contributed by atoms with Gasteiger partial charge in [0.25, 0.3) is 5.91 Å². The Bertz CT molecular complexity index is 793. The number of aromatic amines is 1. The van der Waals surface area contributed by atoms with E-state index in [2.05, 4.69) is 10.3 Å². The molecule has 2 rings (SSSR count). The lowest BCUT2D eigenvalue weighted by Gasteiger charge is -2.15. The summed E-state index contributed by atoms with van der Waals surface area (Å²) in [5, 5.41) is 2.87. The largest absolute Gasteiger partial charge is 0.354 e. The van der Waals surface area contributed by atoms with Crippen LogP contribution in [0, 0.1) is 19.7 Å². The second kappa shape index (κ2) is 6.99. The van der Waals surface area contributed by atoms with Crippen molar-refractivity contribution < 1.29 is 14.0 Å². The average molecular weight is 330 g/mol. The molecular weight excluding hydrogens is 307 g/mol. The summed E-state index contributed by atoms with van der Waals surface area (Å²) in [5.41, 5.74) is 3.66. The summed E-state index contributed by atoms with van der Waals surface area (Å²) in [7, 11) is 0. The Hall–Kier alpha value is -2.43. The maximum Gasteiger partial charge on any atom is 0.268 e. The Morgan fingerprint density at radius 1 is 1.29 bits per heavy atom. The van der Waals surface area contributed by atoms with E-state index in [0.717, 1.165) is 5.56 Å². The highest BCUT2D eigenvalue weighted by molar-refractivity contribution is 6.02. The van der Waals surface area contributed by atoms with E-state index in [9.17, 15) is 14.0 Å². The number of aryl methyl sites for hydroxylation is 2. The molecule has 2 N–H and O–H groups in total. The van der Waals surface area contributed by atoms with Crippen molar-refractivity contribution in [3.63, 3.8) is 0 Å². The minimum absolute atomic E-state index is 0.0618. The van der Waals surface area contributed by atoms with Crippen LogP contribution in [0.15, 0.2) is 18.2 Å². The standard InChI is InChI=1S/C19H23FN2O2/c1-6-15-17(13(5)23)12(4)21-18(15)19(24)22-11(3)14-8-7-10(2)16(20)9-14/h7-9,11,21H,6H2,1-5H3,(H,22,24). The van der Waals surface area contributed by atoms with Gasteiger partial charge in [-0.15, -0.1) is 0 Å². The van der Waals surface area contributed by atoms with Gasteiger partial charge in [0.2, 0.25) is 0 Å². The number of Topliss-reactive ketones (excluding diaryl/α,β-unsaturated/α-hetero) is 1. The van der Waals surface area contributed by atoms with E-state index >= 15 is 0 Å². The molecule has 0 saturated heterocycles. The molecule has 0 radical (unpaired) electrons. The molecule has 1 heterocycles. The number of ketones is 1. The third-order valence-electron chi connectivity index (χ3n) is 4.27. The smallest absolute Gasteiger partial charge is 0.268 e. The number of hydrogen-bond acceptors (Lipinski definition) is 2. The summed E-state index contributed by atoms with van der Waals surface area (Å²) >= 11 is 0. The molecular formula is C19H23FN2O2. The van der Waals surface area contributed by atoms with Crippen LogP contribution in [0.3, 0.4) is 0 Å². The zero-order valence-electron chi connectivity index (χ0n) is 14.7. The van der Waals surface area contributed by atoms with Crippen molar-refractivity contribution in [3.8, 4) is 0 Å². The van der Waals surface area contributed by atoms with Crippen molar-refractivity contribution >= 4 is 11.7 Å². The van der Waals surface area contributed by atoms with E-state index < -0.39 is 0 Å². The summed E-state index contributed by atoms with van der Waals surface area (Å²) in [6.45, 7) is 8.68. The van der Waals surface area contributed by atoms with Crippen molar-refractivity contribution in [1.82, 2.24) is 10.3 Å². The number of amides is 1. The predicted molar refractivity (Wildman–Crippen MR) is 91.9 cm³/mol. The molecule has 2 aromatic rings. The number of hydrogen-bond donors (Lipinski definition) is 2. The van der Waals surface area contributed by atoms with Crippen LogP contribution in [0.5, 0.6) is 0 Å². The molecule has 1 unspecified atom stereocenters. The van der Waals surface area contributed by atoms with Crippen LogP contribution in [-0.4, -0.2) is 16.7 Å². The van der Waals surface area contributed by atoms with Gasteiger partial charge in [-0.1, -0.05) is 19.1 Å². The minimum atomic E-state index is -0.346. The lowest BCUT2D eigenvalue weighted by molar-refractivity contribution is 0.0934. The molecule has 0 spiro atoms. The van der Waals surface area contributed by atoms with E-state index in [4.69, 9.17) is 0 Å². The summed E-state index contributed by atoms with van der Waals surface area (Å²) in [5.74, 6) is -0.651. The third kappa shape index (κ3) is 3.40. The highest BCUT2D eigenvalue weighted by Crippen LogP contribution is 2.22. The molecule has 0 fully saturated rings. The summed E-state index contributed by atoms with van der Waals surface area (Å²) in [4.78, 5) is 27.4. The van der Waals surface area contributed by atoms with Crippen LogP contribution in [0.2, 0.25) is 0 Å². The molecule has 5 heteroatoms. The maximum atomic E-state index is 13.7. The Kier molecular flexibility index (Phi) is 5.22. The van der Waals surface area contributed by atoms with E-state index in [-0.39, 0.29) is 23.5 Å². The quantitative estimate of drug-likeness (QED) is 0.813. The molecule has 1 aromatic heterocycles. The summed E-state index contributed by atoms with van der Waals surface area (Å²) in [6, 6.07) is 4.58. The highest BCUT2D eigenvalue weighted by atomic mass is 19.1. The van der Waals surface area contributed by atoms with Crippen LogP contribution < -0.4 is 5.32 Å². The lowest BCUT2D eigenvalue weighted by Crippen LogP contribution is -2.28.